The lowest BCUT2D eigenvalue weighted by Gasteiger charge is -2.09. The van der Waals surface area contributed by atoms with Crippen LogP contribution in [0, 0.1) is 5.82 Å². The van der Waals surface area contributed by atoms with Crippen LogP contribution in [0.5, 0.6) is 0 Å². The quantitative estimate of drug-likeness (QED) is 0.771. The highest BCUT2D eigenvalue weighted by molar-refractivity contribution is 7.17. The fourth-order valence-electron chi connectivity index (χ4n) is 2.14. The maximum Gasteiger partial charge on any atom is 0.248 e. The summed E-state index contributed by atoms with van der Waals surface area (Å²) in [5.74, 6) is -0.917. The number of hydrogen-bond acceptors (Lipinski definition) is 3. The number of hydrogen-bond donors (Lipinski definition) is 2. The van der Waals surface area contributed by atoms with Crippen LogP contribution in [0.4, 0.5) is 10.1 Å². The third-order valence-corrected chi connectivity index (χ3v) is 4.16. The SMILES string of the molecule is NC(=O)c1ccc(F)c(CNc2ccc3sccc3c2)c1. The number of thiophene rings is 1. The minimum absolute atomic E-state index is 0.294. The number of halogens is 1. The Hall–Kier alpha value is -2.40. The van der Waals surface area contributed by atoms with Gasteiger partial charge >= 0.3 is 0 Å². The zero-order valence-electron chi connectivity index (χ0n) is 11.1. The largest absolute Gasteiger partial charge is 0.381 e. The first kappa shape index (κ1) is 13.6. The highest BCUT2D eigenvalue weighted by atomic mass is 32.1. The second-order valence-corrected chi connectivity index (χ2v) is 5.64. The molecule has 1 heterocycles. The molecule has 0 spiro atoms. The van der Waals surface area contributed by atoms with Crippen molar-refractivity contribution in [3.8, 4) is 0 Å². The molecule has 0 unspecified atom stereocenters. The second kappa shape index (κ2) is 5.54. The topological polar surface area (TPSA) is 55.1 Å². The van der Waals surface area contributed by atoms with Crippen LogP contribution in [-0.4, -0.2) is 5.91 Å². The molecule has 0 saturated heterocycles. The molecule has 0 fully saturated rings. The van der Waals surface area contributed by atoms with Gasteiger partial charge in [-0.05, 0) is 53.2 Å². The molecule has 0 radical (unpaired) electrons. The lowest BCUT2D eigenvalue weighted by atomic mass is 10.1. The number of anilines is 1. The van der Waals surface area contributed by atoms with Crippen LogP contribution >= 0.6 is 11.3 Å². The Morgan fingerprint density at radius 2 is 2.05 bits per heavy atom. The van der Waals surface area contributed by atoms with Gasteiger partial charge in [-0.15, -0.1) is 11.3 Å². The van der Waals surface area contributed by atoms with E-state index in [1.807, 2.05) is 29.6 Å². The number of fused-ring (bicyclic) bond motifs is 1. The van der Waals surface area contributed by atoms with Gasteiger partial charge in [0.05, 0.1) is 0 Å². The predicted octanol–water partition coefficient (Wildman–Crippen LogP) is 3.75. The molecule has 5 heteroatoms. The van der Waals surface area contributed by atoms with Gasteiger partial charge in [0.15, 0.2) is 0 Å². The van der Waals surface area contributed by atoms with E-state index >= 15 is 0 Å². The summed E-state index contributed by atoms with van der Waals surface area (Å²) in [5.41, 5.74) is 6.84. The van der Waals surface area contributed by atoms with Crippen molar-refractivity contribution in [3.05, 3.63) is 64.8 Å². The molecule has 0 bridgehead atoms. The summed E-state index contributed by atoms with van der Waals surface area (Å²) in [6, 6.07) is 12.2. The van der Waals surface area contributed by atoms with E-state index in [-0.39, 0.29) is 5.82 Å². The summed E-state index contributed by atoms with van der Waals surface area (Å²) >= 11 is 1.68. The molecule has 3 rings (SSSR count). The molecule has 3 aromatic rings. The van der Waals surface area contributed by atoms with Crippen LogP contribution < -0.4 is 11.1 Å². The first-order valence-corrected chi connectivity index (χ1v) is 7.31. The maximum atomic E-state index is 13.7. The fourth-order valence-corrected chi connectivity index (χ4v) is 2.91. The summed E-state index contributed by atoms with van der Waals surface area (Å²) in [7, 11) is 0. The molecular formula is C16H13FN2OS. The number of benzene rings is 2. The zero-order chi connectivity index (χ0) is 14.8. The first-order valence-electron chi connectivity index (χ1n) is 6.43. The highest BCUT2D eigenvalue weighted by Crippen LogP contribution is 2.24. The van der Waals surface area contributed by atoms with Crippen LogP contribution in [0.1, 0.15) is 15.9 Å². The lowest BCUT2D eigenvalue weighted by molar-refractivity contribution is 0.1000. The van der Waals surface area contributed by atoms with Gasteiger partial charge in [-0.3, -0.25) is 4.79 Å². The molecule has 0 aliphatic heterocycles. The van der Waals surface area contributed by atoms with E-state index in [1.54, 1.807) is 11.3 Å². The van der Waals surface area contributed by atoms with Crippen LogP contribution in [0.25, 0.3) is 10.1 Å². The van der Waals surface area contributed by atoms with Crippen molar-refractivity contribution in [1.82, 2.24) is 0 Å². The van der Waals surface area contributed by atoms with Crippen molar-refractivity contribution >= 4 is 33.0 Å². The molecular weight excluding hydrogens is 287 g/mol. The van der Waals surface area contributed by atoms with Crippen LogP contribution in [0.2, 0.25) is 0 Å². The van der Waals surface area contributed by atoms with Crippen LogP contribution in [0.15, 0.2) is 47.8 Å². The molecule has 21 heavy (non-hydrogen) atoms. The third kappa shape index (κ3) is 2.87. The van der Waals surface area contributed by atoms with E-state index in [0.29, 0.717) is 17.7 Å². The lowest BCUT2D eigenvalue weighted by Crippen LogP contribution is -2.12. The Bertz CT molecular complexity index is 813. The Balaban J connectivity index is 1.80. The van der Waals surface area contributed by atoms with E-state index in [0.717, 1.165) is 11.1 Å². The van der Waals surface area contributed by atoms with E-state index in [1.165, 1.54) is 22.9 Å². The van der Waals surface area contributed by atoms with E-state index in [2.05, 4.69) is 5.32 Å². The minimum Gasteiger partial charge on any atom is -0.381 e. The monoisotopic (exact) mass is 300 g/mol. The summed E-state index contributed by atoms with van der Waals surface area (Å²) < 4.78 is 15.0. The summed E-state index contributed by atoms with van der Waals surface area (Å²) in [5, 5.41) is 6.34. The summed E-state index contributed by atoms with van der Waals surface area (Å²) in [6.45, 7) is 0.294. The Morgan fingerprint density at radius 3 is 2.86 bits per heavy atom. The number of nitrogens with one attached hydrogen (secondary N) is 1. The predicted molar refractivity (Wildman–Crippen MR) is 84.1 cm³/mol. The second-order valence-electron chi connectivity index (χ2n) is 4.70. The van der Waals surface area contributed by atoms with Gasteiger partial charge in [0, 0.05) is 28.1 Å². The van der Waals surface area contributed by atoms with Crippen molar-refractivity contribution in [1.29, 1.82) is 0 Å². The number of carbonyl (C=O) groups is 1. The molecule has 2 aromatic carbocycles. The van der Waals surface area contributed by atoms with Crippen molar-refractivity contribution in [2.75, 3.05) is 5.32 Å². The number of rotatable bonds is 4. The average molecular weight is 300 g/mol. The molecule has 0 atom stereocenters. The van der Waals surface area contributed by atoms with E-state index < -0.39 is 5.91 Å². The van der Waals surface area contributed by atoms with Gasteiger partial charge in [0.2, 0.25) is 5.91 Å². The van der Waals surface area contributed by atoms with Crippen molar-refractivity contribution in [2.45, 2.75) is 6.54 Å². The van der Waals surface area contributed by atoms with Crippen molar-refractivity contribution < 1.29 is 9.18 Å². The van der Waals surface area contributed by atoms with Crippen molar-refractivity contribution in [2.24, 2.45) is 5.73 Å². The van der Waals surface area contributed by atoms with Crippen molar-refractivity contribution in [3.63, 3.8) is 0 Å². The first-order chi connectivity index (χ1) is 10.1. The molecule has 0 aliphatic rings. The smallest absolute Gasteiger partial charge is 0.248 e. The molecule has 1 amide bonds. The van der Waals surface area contributed by atoms with Crippen LogP contribution in [-0.2, 0) is 6.54 Å². The Kier molecular flexibility index (Phi) is 3.58. The zero-order valence-corrected chi connectivity index (χ0v) is 11.9. The van der Waals surface area contributed by atoms with E-state index in [9.17, 15) is 9.18 Å². The van der Waals surface area contributed by atoms with E-state index in [4.69, 9.17) is 5.73 Å². The van der Waals surface area contributed by atoms with Gasteiger partial charge in [0.25, 0.3) is 0 Å². The Morgan fingerprint density at radius 1 is 1.19 bits per heavy atom. The molecule has 0 aliphatic carbocycles. The Labute approximate surface area is 125 Å². The average Bonchev–Trinajstić information content (AvgIpc) is 2.93. The molecule has 3 nitrogen and oxygen atoms in total. The third-order valence-electron chi connectivity index (χ3n) is 3.27. The maximum absolute atomic E-state index is 13.7. The van der Waals surface area contributed by atoms with Gasteiger partial charge < -0.3 is 11.1 Å². The minimum atomic E-state index is -0.559. The van der Waals surface area contributed by atoms with Gasteiger partial charge in [-0.25, -0.2) is 4.39 Å². The van der Waals surface area contributed by atoms with Gasteiger partial charge in [-0.2, -0.15) is 0 Å². The highest BCUT2D eigenvalue weighted by Gasteiger charge is 2.07. The standard InChI is InChI=1S/C16H13FN2OS/c17-14-3-1-11(16(18)20)7-12(14)9-19-13-2-4-15-10(8-13)5-6-21-15/h1-8,19H,9H2,(H2,18,20). The number of amides is 1. The fraction of sp³-hybridized carbons (Fsp3) is 0.0625. The number of primary amides is 1. The molecule has 1 aromatic heterocycles. The molecule has 0 saturated carbocycles. The van der Waals surface area contributed by atoms with Crippen LogP contribution in [0.3, 0.4) is 0 Å². The number of nitrogens with two attached hydrogens (primary N) is 1. The number of carbonyl (C=O) groups excluding carboxylic acids is 1. The molecule has 3 N–H and O–H groups in total. The van der Waals surface area contributed by atoms with Gasteiger partial charge in [-0.1, -0.05) is 0 Å². The summed E-state index contributed by atoms with van der Waals surface area (Å²) in [4.78, 5) is 11.1. The summed E-state index contributed by atoms with van der Waals surface area (Å²) in [6.07, 6.45) is 0. The van der Waals surface area contributed by atoms with Gasteiger partial charge in [0.1, 0.15) is 5.82 Å². The normalized spacial score (nSPS) is 10.7. The molecule has 106 valence electrons.